The predicted octanol–water partition coefficient (Wildman–Crippen LogP) is 1.85. The number of ketones is 1. The number of fused-ring (bicyclic) bond motifs is 1. The van der Waals surface area contributed by atoms with Crippen LogP contribution in [0.3, 0.4) is 0 Å². The van der Waals surface area contributed by atoms with E-state index in [1.165, 1.54) is 0 Å². The van der Waals surface area contributed by atoms with Crippen molar-refractivity contribution in [3.8, 4) is 6.07 Å². The number of piperidine rings is 1. The van der Waals surface area contributed by atoms with Gasteiger partial charge in [-0.25, -0.2) is 0 Å². The van der Waals surface area contributed by atoms with Gasteiger partial charge in [-0.3, -0.25) is 9.69 Å². The summed E-state index contributed by atoms with van der Waals surface area (Å²) in [7, 11) is 0. The summed E-state index contributed by atoms with van der Waals surface area (Å²) in [5.74, 6) is 0.121. The second kappa shape index (κ2) is 4.54. The molecule has 0 N–H and O–H groups in total. The zero-order chi connectivity index (χ0) is 14.5. The average Bonchev–Trinajstić information content (AvgIpc) is 2.31. The van der Waals surface area contributed by atoms with Crippen LogP contribution in [0.25, 0.3) is 0 Å². The van der Waals surface area contributed by atoms with Crippen LogP contribution < -0.4 is 0 Å². The Hall–Kier alpha value is -0.920. The molecule has 0 aromatic rings. The molecular weight excluding hydrogens is 252 g/mol. The maximum atomic E-state index is 12.5. The first-order valence-corrected chi connectivity index (χ1v) is 7.64. The SMILES string of the molecule is CC1(C)C(=O)C(C#N)C[C@]2(C)CN(C3COC3)CC[C@@H]12. The largest absolute Gasteiger partial charge is 0.378 e. The Balaban J connectivity index is 1.86. The number of likely N-dealkylation sites (tertiary alicyclic amines) is 1. The second-order valence-electron chi connectivity index (χ2n) is 7.63. The maximum absolute atomic E-state index is 12.5. The zero-order valence-electron chi connectivity index (χ0n) is 12.7. The molecule has 3 rings (SSSR count). The number of hydrogen-bond donors (Lipinski definition) is 0. The van der Waals surface area contributed by atoms with Crippen molar-refractivity contribution in [2.24, 2.45) is 22.7 Å². The van der Waals surface area contributed by atoms with E-state index in [0.717, 1.165) is 39.1 Å². The number of nitrogens with zero attached hydrogens (tertiary/aromatic N) is 2. The van der Waals surface area contributed by atoms with E-state index in [9.17, 15) is 10.1 Å². The van der Waals surface area contributed by atoms with Gasteiger partial charge in [-0.05, 0) is 30.7 Å². The van der Waals surface area contributed by atoms with E-state index in [-0.39, 0.29) is 16.6 Å². The highest BCUT2D eigenvalue weighted by atomic mass is 16.5. The molecule has 0 aromatic carbocycles. The van der Waals surface area contributed by atoms with Gasteiger partial charge < -0.3 is 4.74 Å². The van der Waals surface area contributed by atoms with Gasteiger partial charge in [0.1, 0.15) is 5.92 Å². The molecule has 4 nitrogen and oxygen atoms in total. The molecule has 0 bridgehead atoms. The van der Waals surface area contributed by atoms with Crippen molar-refractivity contribution in [3.63, 3.8) is 0 Å². The predicted molar refractivity (Wildman–Crippen MR) is 74.9 cm³/mol. The van der Waals surface area contributed by atoms with E-state index in [2.05, 4.69) is 17.9 Å². The third kappa shape index (κ3) is 1.91. The molecule has 4 heteroatoms. The molecule has 1 aliphatic carbocycles. The highest BCUT2D eigenvalue weighted by molar-refractivity contribution is 5.89. The van der Waals surface area contributed by atoms with Gasteiger partial charge in [0.25, 0.3) is 0 Å². The Labute approximate surface area is 121 Å². The van der Waals surface area contributed by atoms with Crippen LogP contribution in [0.4, 0.5) is 0 Å². The maximum Gasteiger partial charge on any atom is 0.155 e. The van der Waals surface area contributed by atoms with Gasteiger partial charge in [0.05, 0.1) is 25.3 Å². The van der Waals surface area contributed by atoms with Gasteiger partial charge in [-0.1, -0.05) is 20.8 Å². The van der Waals surface area contributed by atoms with Gasteiger partial charge in [0, 0.05) is 12.0 Å². The fourth-order valence-corrected chi connectivity index (χ4v) is 4.77. The third-order valence-corrected chi connectivity index (χ3v) is 5.90. The molecule has 20 heavy (non-hydrogen) atoms. The normalized spacial score (nSPS) is 41.6. The summed E-state index contributed by atoms with van der Waals surface area (Å²) in [5.41, 5.74) is -0.290. The molecule has 1 unspecified atom stereocenters. The Morgan fingerprint density at radius 3 is 2.60 bits per heavy atom. The highest BCUT2D eigenvalue weighted by Crippen LogP contribution is 2.55. The fraction of sp³-hybridized carbons (Fsp3) is 0.875. The molecule has 110 valence electrons. The van der Waals surface area contributed by atoms with Crippen LogP contribution in [0.5, 0.6) is 0 Å². The number of Topliss-reactive ketones (excluding diaryl/α,β-unsaturated/α-hetero) is 1. The van der Waals surface area contributed by atoms with Crippen molar-refractivity contribution in [1.82, 2.24) is 4.90 Å². The van der Waals surface area contributed by atoms with Crippen molar-refractivity contribution in [1.29, 1.82) is 5.26 Å². The quantitative estimate of drug-likeness (QED) is 0.733. The van der Waals surface area contributed by atoms with Gasteiger partial charge >= 0.3 is 0 Å². The summed E-state index contributed by atoms with van der Waals surface area (Å²) in [4.78, 5) is 15.0. The van der Waals surface area contributed by atoms with E-state index in [1.54, 1.807) is 0 Å². The summed E-state index contributed by atoms with van der Waals surface area (Å²) in [6, 6.07) is 2.80. The average molecular weight is 276 g/mol. The van der Waals surface area contributed by atoms with E-state index in [1.807, 2.05) is 13.8 Å². The number of ether oxygens (including phenoxy) is 1. The van der Waals surface area contributed by atoms with Gasteiger partial charge in [-0.2, -0.15) is 5.26 Å². The summed E-state index contributed by atoms with van der Waals surface area (Å²) < 4.78 is 5.31. The number of nitriles is 1. The van der Waals surface area contributed by atoms with Gasteiger partial charge in [-0.15, -0.1) is 0 Å². The molecule has 0 aromatic heterocycles. The minimum atomic E-state index is -0.427. The number of carbonyl (C=O) groups excluding carboxylic acids is 1. The molecule has 2 heterocycles. The molecule has 0 amide bonds. The Morgan fingerprint density at radius 2 is 2.05 bits per heavy atom. The van der Waals surface area contributed by atoms with E-state index >= 15 is 0 Å². The van der Waals surface area contributed by atoms with E-state index < -0.39 is 5.92 Å². The van der Waals surface area contributed by atoms with Crippen LogP contribution in [0.2, 0.25) is 0 Å². The summed E-state index contributed by atoms with van der Waals surface area (Å²) in [6.45, 7) is 10.1. The summed E-state index contributed by atoms with van der Waals surface area (Å²) >= 11 is 0. The molecule has 2 saturated heterocycles. The lowest BCUT2D eigenvalue weighted by Crippen LogP contribution is -2.62. The lowest BCUT2D eigenvalue weighted by molar-refractivity contribution is -0.157. The highest BCUT2D eigenvalue weighted by Gasteiger charge is 2.57. The first kappa shape index (κ1) is 14.0. The number of carbonyl (C=O) groups is 1. The Bertz CT molecular complexity index is 464. The smallest absolute Gasteiger partial charge is 0.155 e. The van der Waals surface area contributed by atoms with Crippen molar-refractivity contribution in [2.75, 3.05) is 26.3 Å². The van der Waals surface area contributed by atoms with Crippen molar-refractivity contribution in [3.05, 3.63) is 0 Å². The molecule has 3 aliphatic rings. The van der Waals surface area contributed by atoms with Crippen molar-refractivity contribution < 1.29 is 9.53 Å². The molecule has 0 spiro atoms. The summed E-state index contributed by atoms with van der Waals surface area (Å²) in [5, 5.41) is 9.33. The van der Waals surface area contributed by atoms with Gasteiger partial charge in [0.2, 0.25) is 0 Å². The Kier molecular flexibility index (Phi) is 3.19. The topological polar surface area (TPSA) is 53.3 Å². The monoisotopic (exact) mass is 276 g/mol. The van der Waals surface area contributed by atoms with E-state index in [4.69, 9.17) is 4.74 Å². The molecule has 1 saturated carbocycles. The lowest BCUT2D eigenvalue weighted by atomic mass is 9.51. The standard InChI is InChI=1S/C16H24N2O2/c1-15(2)13-4-5-18(12-8-20-9-12)10-16(13,3)6-11(7-17)14(15)19/h11-13H,4-6,8-10H2,1-3H3/t11?,13-,16+/m0/s1. The lowest BCUT2D eigenvalue weighted by Gasteiger charge is -2.57. The minimum Gasteiger partial charge on any atom is -0.378 e. The fourth-order valence-electron chi connectivity index (χ4n) is 4.77. The minimum absolute atomic E-state index is 0.0750. The van der Waals surface area contributed by atoms with Crippen LogP contribution >= 0.6 is 0 Å². The molecular formula is C16H24N2O2. The number of rotatable bonds is 1. The van der Waals surface area contributed by atoms with Gasteiger partial charge in [0.15, 0.2) is 5.78 Å². The van der Waals surface area contributed by atoms with Crippen molar-refractivity contribution >= 4 is 5.78 Å². The van der Waals surface area contributed by atoms with Crippen LogP contribution in [0, 0.1) is 34.0 Å². The number of hydrogen-bond acceptors (Lipinski definition) is 4. The first-order valence-electron chi connectivity index (χ1n) is 7.64. The van der Waals surface area contributed by atoms with Crippen molar-refractivity contribution in [2.45, 2.75) is 39.7 Å². The van der Waals surface area contributed by atoms with E-state index in [0.29, 0.717) is 12.0 Å². The molecule has 2 aliphatic heterocycles. The van der Waals surface area contributed by atoms with Crippen LogP contribution in [0.15, 0.2) is 0 Å². The first-order chi connectivity index (χ1) is 9.38. The molecule has 0 radical (unpaired) electrons. The molecule has 3 atom stereocenters. The Morgan fingerprint density at radius 1 is 1.35 bits per heavy atom. The van der Waals surface area contributed by atoms with Crippen LogP contribution in [-0.4, -0.2) is 43.0 Å². The third-order valence-electron chi connectivity index (χ3n) is 5.90. The van der Waals surface area contributed by atoms with Crippen LogP contribution in [-0.2, 0) is 9.53 Å². The zero-order valence-corrected chi connectivity index (χ0v) is 12.7. The van der Waals surface area contributed by atoms with Crippen LogP contribution in [0.1, 0.15) is 33.6 Å². The molecule has 3 fully saturated rings. The second-order valence-corrected chi connectivity index (χ2v) is 7.63. The summed E-state index contributed by atoms with van der Waals surface area (Å²) in [6.07, 6.45) is 1.78.